The summed E-state index contributed by atoms with van der Waals surface area (Å²) in [6.45, 7) is 0. The number of primary amides is 2. The van der Waals surface area contributed by atoms with E-state index in [1.54, 1.807) is 18.2 Å². The molecule has 0 atom stereocenters. The minimum Gasteiger partial charge on any atom is -0.302 e. The Balaban J connectivity index is 1.55. The third kappa shape index (κ3) is 3.80. The van der Waals surface area contributed by atoms with Gasteiger partial charge in [0.1, 0.15) is 11.4 Å². The van der Waals surface area contributed by atoms with Gasteiger partial charge in [-0.25, -0.2) is 27.7 Å². The first kappa shape index (κ1) is 20.7. The highest BCUT2D eigenvalue weighted by Crippen LogP contribution is 2.31. The lowest BCUT2D eigenvalue weighted by Crippen LogP contribution is -2.95. The van der Waals surface area contributed by atoms with Gasteiger partial charge < -0.3 is 5.32 Å². The average molecular weight is 447 g/mol. The number of halogens is 3. The minimum atomic E-state index is -1.37. The van der Waals surface area contributed by atoms with Gasteiger partial charge in [-0.3, -0.25) is 9.69 Å². The van der Waals surface area contributed by atoms with Crippen LogP contribution in [0.4, 0.5) is 28.8 Å². The fraction of sp³-hybridized carbons (Fsp3) is 0.100. The number of quaternary nitrogens is 1. The van der Waals surface area contributed by atoms with Crippen molar-refractivity contribution in [2.45, 2.75) is 6.42 Å². The number of nitrogens with zero attached hydrogens (tertiary/aromatic N) is 2. The molecule has 1 aromatic heterocycles. The SMILES string of the molecule is CN1C(=O)[NH2+]C(=O)c2c(CC(=O)Nc3nc(-c4c(F)ccc(F)c4F)cs3)cccc21. The number of nitrogens with two attached hydrogens (primary N) is 1. The Bertz CT molecular complexity index is 1240. The standard InChI is InChI=1S/C20H13F3N4O3S/c1-27-13-4-2-3-9(15(13)18(29)26-20(27)30)7-14(28)25-19-24-12(8-31-19)16-10(21)5-6-11(22)17(16)23/h2-6,8H,7H2,1H3,(H,24,25,28)(H,26,29,30)/p+1. The van der Waals surface area contributed by atoms with Crippen LogP contribution in [0, 0.1) is 17.5 Å². The van der Waals surface area contributed by atoms with E-state index in [1.807, 2.05) is 0 Å². The lowest BCUT2D eigenvalue weighted by Gasteiger charge is -2.22. The van der Waals surface area contributed by atoms with Gasteiger partial charge in [0.05, 0.1) is 23.4 Å². The van der Waals surface area contributed by atoms with Crippen LogP contribution in [0.2, 0.25) is 0 Å². The van der Waals surface area contributed by atoms with E-state index in [1.165, 1.54) is 17.3 Å². The van der Waals surface area contributed by atoms with Crippen LogP contribution >= 0.6 is 11.3 Å². The van der Waals surface area contributed by atoms with E-state index in [-0.39, 0.29) is 22.8 Å². The molecular formula is C20H14F3N4O3S+. The number of fused-ring (bicyclic) bond motifs is 1. The number of hydrogen-bond acceptors (Lipinski definition) is 5. The van der Waals surface area contributed by atoms with Gasteiger partial charge in [-0.15, -0.1) is 11.3 Å². The van der Waals surface area contributed by atoms with E-state index in [9.17, 15) is 27.6 Å². The van der Waals surface area contributed by atoms with Crippen LogP contribution in [-0.2, 0) is 11.2 Å². The highest BCUT2D eigenvalue weighted by molar-refractivity contribution is 7.14. The molecule has 1 aliphatic rings. The average Bonchev–Trinajstić information content (AvgIpc) is 3.17. The number of thiazole rings is 1. The second kappa shape index (κ2) is 7.93. The summed E-state index contributed by atoms with van der Waals surface area (Å²) in [4.78, 5) is 41.9. The molecule has 0 unspecified atom stereocenters. The Hall–Kier alpha value is -3.57. The topological polar surface area (TPSA) is 96.0 Å². The van der Waals surface area contributed by atoms with Crippen molar-refractivity contribution >= 4 is 40.0 Å². The molecule has 2 aromatic carbocycles. The molecule has 1 aliphatic heterocycles. The summed E-state index contributed by atoms with van der Waals surface area (Å²) in [5.41, 5.74) is 0.286. The van der Waals surface area contributed by atoms with Crippen LogP contribution in [0.3, 0.4) is 0 Å². The molecule has 2 heterocycles. The Morgan fingerprint density at radius 2 is 1.87 bits per heavy atom. The quantitative estimate of drug-likeness (QED) is 0.601. The van der Waals surface area contributed by atoms with E-state index < -0.39 is 40.9 Å². The molecule has 3 aromatic rings. The van der Waals surface area contributed by atoms with Crippen LogP contribution in [0.25, 0.3) is 11.3 Å². The number of rotatable bonds is 4. The highest BCUT2D eigenvalue weighted by atomic mass is 32.1. The largest absolute Gasteiger partial charge is 0.427 e. The summed E-state index contributed by atoms with van der Waals surface area (Å²) < 4.78 is 41.3. The maximum atomic E-state index is 14.0. The molecule has 31 heavy (non-hydrogen) atoms. The molecule has 0 saturated carbocycles. The Kier molecular flexibility index (Phi) is 5.29. The number of aromatic nitrogens is 1. The van der Waals surface area contributed by atoms with Crippen molar-refractivity contribution in [2.75, 3.05) is 17.3 Å². The number of imide groups is 1. The number of amides is 4. The molecule has 11 heteroatoms. The van der Waals surface area contributed by atoms with Crippen LogP contribution in [0.15, 0.2) is 35.7 Å². The molecule has 0 fully saturated rings. The minimum absolute atomic E-state index is 0.0537. The number of anilines is 2. The summed E-state index contributed by atoms with van der Waals surface area (Å²) in [7, 11) is 1.52. The molecule has 3 N–H and O–H groups in total. The van der Waals surface area contributed by atoms with Crippen molar-refractivity contribution in [1.82, 2.24) is 4.98 Å². The second-order valence-corrected chi connectivity index (χ2v) is 7.56. The zero-order valence-corrected chi connectivity index (χ0v) is 16.7. The first-order chi connectivity index (χ1) is 14.8. The fourth-order valence-corrected chi connectivity index (χ4v) is 3.96. The van der Waals surface area contributed by atoms with E-state index in [0.29, 0.717) is 17.3 Å². The third-order valence-corrected chi connectivity index (χ3v) is 5.48. The maximum Gasteiger partial charge on any atom is 0.427 e. The van der Waals surface area contributed by atoms with Gasteiger partial charge in [0.15, 0.2) is 16.8 Å². The molecule has 0 saturated heterocycles. The Morgan fingerprint density at radius 1 is 1.13 bits per heavy atom. The molecule has 0 spiro atoms. The lowest BCUT2D eigenvalue weighted by atomic mass is 9.99. The molecule has 0 radical (unpaired) electrons. The smallest absolute Gasteiger partial charge is 0.302 e. The molecular weight excluding hydrogens is 433 g/mol. The molecule has 4 amide bonds. The number of urea groups is 1. The van der Waals surface area contributed by atoms with Gasteiger partial charge in [0.25, 0.3) is 0 Å². The van der Waals surface area contributed by atoms with E-state index in [2.05, 4.69) is 10.3 Å². The summed E-state index contributed by atoms with van der Waals surface area (Å²) in [6.07, 6.45) is -0.192. The van der Waals surface area contributed by atoms with E-state index in [4.69, 9.17) is 0 Å². The van der Waals surface area contributed by atoms with Crippen molar-refractivity contribution in [3.8, 4) is 11.3 Å². The second-order valence-electron chi connectivity index (χ2n) is 6.70. The van der Waals surface area contributed by atoms with Crippen LogP contribution in [0.5, 0.6) is 0 Å². The van der Waals surface area contributed by atoms with Crippen LogP contribution in [0.1, 0.15) is 15.9 Å². The molecule has 0 aliphatic carbocycles. The fourth-order valence-electron chi connectivity index (χ4n) is 3.24. The van der Waals surface area contributed by atoms with Gasteiger partial charge >= 0.3 is 11.9 Å². The number of hydrogen-bond donors (Lipinski definition) is 2. The molecule has 7 nitrogen and oxygen atoms in total. The molecule has 0 bridgehead atoms. The summed E-state index contributed by atoms with van der Waals surface area (Å²) >= 11 is 0.912. The number of carbonyl (C=O) groups is 3. The van der Waals surface area contributed by atoms with Gasteiger partial charge in [0.2, 0.25) is 5.91 Å². The van der Waals surface area contributed by atoms with Crippen molar-refractivity contribution in [3.05, 3.63) is 64.3 Å². The summed E-state index contributed by atoms with van der Waals surface area (Å²) in [5, 5.41) is 4.81. The normalized spacial score (nSPS) is 13.4. The summed E-state index contributed by atoms with van der Waals surface area (Å²) in [6, 6.07) is 5.84. The summed E-state index contributed by atoms with van der Waals surface area (Å²) in [5.74, 6) is -4.58. The van der Waals surface area contributed by atoms with Crippen molar-refractivity contribution in [3.63, 3.8) is 0 Å². The highest BCUT2D eigenvalue weighted by Gasteiger charge is 2.34. The first-order valence-corrected chi connectivity index (χ1v) is 9.82. The zero-order valence-electron chi connectivity index (χ0n) is 15.9. The first-order valence-electron chi connectivity index (χ1n) is 8.94. The Morgan fingerprint density at radius 3 is 2.65 bits per heavy atom. The van der Waals surface area contributed by atoms with Gasteiger partial charge in [-0.1, -0.05) is 12.1 Å². The van der Waals surface area contributed by atoms with Crippen molar-refractivity contribution in [2.24, 2.45) is 0 Å². The van der Waals surface area contributed by atoms with Gasteiger partial charge in [-0.2, -0.15) is 5.32 Å². The molecule has 158 valence electrons. The molecule has 4 rings (SSSR count). The van der Waals surface area contributed by atoms with Crippen LogP contribution < -0.4 is 15.5 Å². The Labute approximate surface area is 177 Å². The van der Waals surface area contributed by atoms with E-state index in [0.717, 1.165) is 22.7 Å². The number of benzene rings is 2. The lowest BCUT2D eigenvalue weighted by molar-refractivity contribution is -0.449. The number of carbonyl (C=O) groups excluding carboxylic acids is 3. The van der Waals surface area contributed by atoms with Crippen LogP contribution in [-0.4, -0.2) is 29.9 Å². The third-order valence-electron chi connectivity index (χ3n) is 4.72. The van der Waals surface area contributed by atoms with E-state index >= 15 is 0 Å². The number of nitrogens with one attached hydrogen (secondary N) is 1. The predicted octanol–water partition coefficient (Wildman–Crippen LogP) is 2.68. The van der Waals surface area contributed by atoms with Crippen molar-refractivity contribution < 1.29 is 32.9 Å². The monoisotopic (exact) mass is 447 g/mol. The maximum absolute atomic E-state index is 14.0. The predicted molar refractivity (Wildman–Crippen MR) is 106 cm³/mol. The van der Waals surface area contributed by atoms with Crippen molar-refractivity contribution in [1.29, 1.82) is 0 Å². The van der Waals surface area contributed by atoms with Gasteiger partial charge in [0, 0.05) is 12.4 Å². The van der Waals surface area contributed by atoms with Gasteiger partial charge in [-0.05, 0) is 23.8 Å². The zero-order chi connectivity index (χ0) is 22.3.